The molecule has 7 nitrogen and oxygen atoms in total. The molecule has 2 aromatic carbocycles. The van der Waals surface area contributed by atoms with Crippen molar-refractivity contribution in [2.24, 2.45) is 13.0 Å². The topological polar surface area (TPSA) is 93.1 Å². The van der Waals surface area contributed by atoms with E-state index in [-0.39, 0.29) is 23.5 Å². The molecule has 7 heteroatoms. The Morgan fingerprint density at radius 1 is 1.03 bits per heavy atom. The zero-order valence-corrected chi connectivity index (χ0v) is 18.8. The maximum Gasteiger partial charge on any atom is 0.252 e. The maximum absolute atomic E-state index is 12.9. The zero-order valence-electron chi connectivity index (χ0n) is 18.8. The Balaban J connectivity index is 1.70. The van der Waals surface area contributed by atoms with E-state index in [1.807, 2.05) is 32.9 Å². The van der Waals surface area contributed by atoms with E-state index in [1.54, 1.807) is 60.4 Å². The Labute approximate surface area is 187 Å². The van der Waals surface area contributed by atoms with Crippen molar-refractivity contribution in [1.29, 1.82) is 0 Å². The summed E-state index contributed by atoms with van der Waals surface area (Å²) in [6.45, 7) is 5.86. The lowest BCUT2D eigenvalue weighted by molar-refractivity contribution is -0.118. The third-order valence-corrected chi connectivity index (χ3v) is 5.16. The molecule has 166 valence electrons. The Hall–Kier alpha value is -3.74. The number of nitrogens with one attached hydrogen (secondary N) is 2. The van der Waals surface area contributed by atoms with Crippen molar-refractivity contribution in [2.45, 2.75) is 33.2 Å². The van der Waals surface area contributed by atoms with Crippen molar-refractivity contribution in [1.82, 2.24) is 14.9 Å². The van der Waals surface area contributed by atoms with Gasteiger partial charge in [0.15, 0.2) is 5.82 Å². The first kappa shape index (κ1) is 22.9. The molecule has 0 aliphatic carbocycles. The number of rotatable bonds is 8. The van der Waals surface area contributed by atoms with E-state index in [1.165, 1.54) is 0 Å². The quantitative estimate of drug-likeness (QED) is 0.530. The molecule has 0 bridgehead atoms. The van der Waals surface area contributed by atoms with E-state index in [2.05, 4.69) is 15.6 Å². The van der Waals surface area contributed by atoms with Gasteiger partial charge in [0.1, 0.15) is 6.04 Å². The van der Waals surface area contributed by atoms with Crippen molar-refractivity contribution in [2.75, 3.05) is 5.32 Å². The molecule has 0 saturated heterocycles. The monoisotopic (exact) mass is 432 g/mol. The second-order valence-corrected chi connectivity index (χ2v) is 8.23. The number of benzene rings is 2. The summed E-state index contributed by atoms with van der Waals surface area (Å²) >= 11 is 0. The highest BCUT2D eigenvalue weighted by Crippen LogP contribution is 2.15. The molecule has 1 unspecified atom stereocenters. The number of nitrogens with zero attached hydrogens (tertiary/aromatic N) is 2. The number of amides is 2. The number of anilines is 1. The molecule has 2 N–H and O–H groups in total. The zero-order chi connectivity index (χ0) is 23.3. The van der Waals surface area contributed by atoms with Gasteiger partial charge in [-0.1, -0.05) is 32.0 Å². The molecule has 0 spiro atoms. The molecule has 32 heavy (non-hydrogen) atoms. The number of imidazole rings is 1. The minimum absolute atomic E-state index is 0.196. The summed E-state index contributed by atoms with van der Waals surface area (Å²) < 4.78 is 1.66. The third-order valence-electron chi connectivity index (χ3n) is 5.16. The first-order valence-electron chi connectivity index (χ1n) is 10.6. The van der Waals surface area contributed by atoms with Crippen LogP contribution in [0.4, 0.5) is 5.69 Å². The minimum Gasteiger partial charge on any atom is -0.340 e. The number of aromatic nitrogens is 2. The molecule has 1 heterocycles. The van der Waals surface area contributed by atoms with Crippen molar-refractivity contribution >= 4 is 23.3 Å². The summed E-state index contributed by atoms with van der Waals surface area (Å²) in [5.41, 5.74) is 2.42. The van der Waals surface area contributed by atoms with E-state index in [4.69, 9.17) is 0 Å². The molecule has 1 aromatic heterocycles. The molecule has 1 atom stereocenters. The molecule has 0 saturated carbocycles. The standard InChI is InChI=1S/C25H28N4O3/c1-16(2)15-21(28-24(31)20-8-6-5-7-17(20)3)25(32)27-19-11-9-18(10-12-19)22(30)23-26-13-14-29(23)4/h5-14,16,21H,15H2,1-4H3,(H,27,32)(H,28,31). The van der Waals surface area contributed by atoms with Gasteiger partial charge in [0.2, 0.25) is 11.7 Å². The number of aryl methyl sites for hydroxylation is 2. The van der Waals surface area contributed by atoms with Gasteiger partial charge in [0, 0.05) is 36.3 Å². The van der Waals surface area contributed by atoms with Crippen LogP contribution >= 0.6 is 0 Å². The fourth-order valence-corrected chi connectivity index (χ4v) is 3.41. The number of carbonyl (C=O) groups excluding carboxylic acids is 3. The second kappa shape index (κ2) is 10.0. The van der Waals surface area contributed by atoms with Crippen molar-refractivity contribution < 1.29 is 14.4 Å². The highest BCUT2D eigenvalue weighted by molar-refractivity contribution is 6.07. The number of ketones is 1. The molecule has 3 rings (SSSR count). The van der Waals surface area contributed by atoms with Crippen LogP contribution in [0.15, 0.2) is 60.9 Å². The number of hydrogen-bond donors (Lipinski definition) is 2. The first-order chi connectivity index (χ1) is 15.3. The van der Waals surface area contributed by atoms with Gasteiger partial charge in [0.25, 0.3) is 5.91 Å². The Kier molecular flexibility index (Phi) is 7.20. The lowest BCUT2D eigenvalue weighted by atomic mass is 10.0. The number of carbonyl (C=O) groups is 3. The molecule has 3 aromatic rings. The fourth-order valence-electron chi connectivity index (χ4n) is 3.41. The fraction of sp³-hybridized carbons (Fsp3) is 0.280. The average molecular weight is 433 g/mol. The molecule has 2 amide bonds. The minimum atomic E-state index is -0.684. The van der Waals surface area contributed by atoms with Crippen LogP contribution in [0.5, 0.6) is 0 Å². The van der Waals surface area contributed by atoms with E-state index in [9.17, 15) is 14.4 Å². The lowest BCUT2D eigenvalue weighted by Gasteiger charge is -2.21. The van der Waals surface area contributed by atoms with Crippen LogP contribution in [0.3, 0.4) is 0 Å². The van der Waals surface area contributed by atoms with Gasteiger partial charge < -0.3 is 15.2 Å². The molecule has 0 aliphatic heterocycles. The normalized spacial score (nSPS) is 11.8. The summed E-state index contributed by atoms with van der Waals surface area (Å²) in [5, 5.41) is 5.71. The predicted molar refractivity (Wildman–Crippen MR) is 124 cm³/mol. The average Bonchev–Trinajstić information content (AvgIpc) is 3.19. The third kappa shape index (κ3) is 5.49. The van der Waals surface area contributed by atoms with Crippen LogP contribution < -0.4 is 10.6 Å². The van der Waals surface area contributed by atoms with Gasteiger partial charge in [-0.3, -0.25) is 14.4 Å². The van der Waals surface area contributed by atoms with Crippen LogP contribution in [-0.2, 0) is 11.8 Å². The van der Waals surface area contributed by atoms with Gasteiger partial charge in [-0.2, -0.15) is 0 Å². The van der Waals surface area contributed by atoms with Gasteiger partial charge >= 0.3 is 0 Å². The molecule has 0 radical (unpaired) electrons. The Bertz CT molecular complexity index is 1120. The van der Waals surface area contributed by atoms with Crippen molar-refractivity contribution in [3.63, 3.8) is 0 Å². The Morgan fingerprint density at radius 3 is 2.31 bits per heavy atom. The van der Waals surface area contributed by atoms with Gasteiger partial charge in [0.05, 0.1) is 0 Å². The molecule has 0 fully saturated rings. The van der Waals surface area contributed by atoms with E-state index in [0.29, 0.717) is 29.1 Å². The van der Waals surface area contributed by atoms with E-state index < -0.39 is 6.04 Å². The molecule has 0 aliphatic rings. The van der Waals surface area contributed by atoms with Gasteiger partial charge in [-0.05, 0) is 55.2 Å². The smallest absolute Gasteiger partial charge is 0.252 e. The largest absolute Gasteiger partial charge is 0.340 e. The molecular weight excluding hydrogens is 404 g/mol. The number of hydrogen-bond acceptors (Lipinski definition) is 4. The van der Waals surface area contributed by atoms with Crippen LogP contribution in [0.2, 0.25) is 0 Å². The first-order valence-corrected chi connectivity index (χ1v) is 10.6. The lowest BCUT2D eigenvalue weighted by Crippen LogP contribution is -2.44. The summed E-state index contributed by atoms with van der Waals surface area (Å²) in [5.74, 6) is -0.222. The summed E-state index contributed by atoms with van der Waals surface area (Å²) in [4.78, 5) is 42.3. The van der Waals surface area contributed by atoms with E-state index in [0.717, 1.165) is 5.56 Å². The highest BCUT2D eigenvalue weighted by Gasteiger charge is 2.23. The van der Waals surface area contributed by atoms with Crippen molar-refractivity contribution in [3.05, 3.63) is 83.4 Å². The van der Waals surface area contributed by atoms with Crippen LogP contribution in [0.25, 0.3) is 0 Å². The van der Waals surface area contributed by atoms with Crippen LogP contribution in [0, 0.1) is 12.8 Å². The Morgan fingerprint density at radius 2 is 1.72 bits per heavy atom. The maximum atomic E-state index is 12.9. The van der Waals surface area contributed by atoms with Crippen molar-refractivity contribution in [3.8, 4) is 0 Å². The van der Waals surface area contributed by atoms with Crippen LogP contribution in [-0.4, -0.2) is 33.2 Å². The van der Waals surface area contributed by atoms with Crippen LogP contribution in [0.1, 0.15) is 52.4 Å². The summed E-state index contributed by atoms with van der Waals surface area (Å²) in [6.07, 6.45) is 3.78. The van der Waals surface area contributed by atoms with E-state index >= 15 is 0 Å². The highest BCUT2D eigenvalue weighted by atomic mass is 16.2. The second-order valence-electron chi connectivity index (χ2n) is 8.23. The van der Waals surface area contributed by atoms with Gasteiger partial charge in [-0.25, -0.2) is 4.98 Å². The predicted octanol–water partition coefficient (Wildman–Crippen LogP) is 3.74. The summed E-state index contributed by atoms with van der Waals surface area (Å²) in [7, 11) is 1.76. The summed E-state index contributed by atoms with van der Waals surface area (Å²) in [6, 6.07) is 13.2. The molecular formula is C25H28N4O3. The van der Waals surface area contributed by atoms with Gasteiger partial charge in [-0.15, -0.1) is 0 Å². The SMILES string of the molecule is Cc1ccccc1C(=O)NC(CC(C)C)C(=O)Nc1ccc(C(=O)c2nccn2C)cc1.